The molecule has 0 aliphatic rings. The van der Waals surface area contributed by atoms with Crippen LogP contribution in [0.4, 0.5) is 0 Å². The van der Waals surface area contributed by atoms with Crippen molar-refractivity contribution in [2.45, 2.75) is 26.2 Å². The molecule has 13 heavy (non-hydrogen) atoms. The van der Waals surface area contributed by atoms with Crippen LogP contribution in [0.15, 0.2) is 0 Å². The van der Waals surface area contributed by atoms with Crippen molar-refractivity contribution in [3.8, 4) is 11.8 Å². The predicted octanol–water partition coefficient (Wildman–Crippen LogP) is -0.258. The minimum absolute atomic E-state index is 0.149. The van der Waals surface area contributed by atoms with Crippen LogP contribution in [0.1, 0.15) is 13.8 Å². The average Bonchev–Trinajstić information content (AvgIpc) is 2.10. The van der Waals surface area contributed by atoms with E-state index in [9.17, 15) is 0 Å². The standard InChI is InChI=1S/C9H16O4/c1-3-12-9(8(2)11)13-7-5-4-6-10/h8-11H,3,6-7H2,1-2H3. The number of ether oxygens (including phenoxy) is 2. The molecule has 0 amide bonds. The molecule has 2 atom stereocenters. The smallest absolute Gasteiger partial charge is 0.184 e. The summed E-state index contributed by atoms with van der Waals surface area (Å²) in [7, 11) is 0. The fourth-order valence-corrected chi connectivity index (χ4v) is 0.722. The van der Waals surface area contributed by atoms with Crippen LogP contribution < -0.4 is 0 Å². The summed E-state index contributed by atoms with van der Waals surface area (Å²) < 4.78 is 10.2. The highest BCUT2D eigenvalue weighted by Crippen LogP contribution is 2.00. The second kappa shape index (κ2) is 8.02. The third-order valence-corrected chi connectivity index (χ3v) is 1.25. The zero-order valence-corrected chi connectivity index (χ0v) is 7.99. The molecule has 76 valence electrons. The van der Waals surface area contributed by atoms with Crippen LogP contribution in [-0.2, 0) is 9.47 Å². The molecule has 0 saturated carbocycles. The number of hydrogen-bond donors (Lipinski definition) is 2. The van der Waals surface area contributed by atoms with E-state index in [2.05, 4.69) is 11.8 Å². The Morgan fingerprint density at radius 1 is 1.31 bits per heavy atom. The van der Waals surface area contributed by atoms with Crippen LogP contribution >= 0.6 is 0 Å². The second-order valence-corrected chi connectivity index (χ2v) is 2.39. The quantitative estimate of drug-likeness (QED) is 0.461. The van der Waals surface area contributed by atoms with Crippen molar-refractivity contribution in [3.05, 3.63) is 0 Å². The third kappa shape index (κ3) is 6.55. The number of aliphatic hydroxyl groups excluding tert-OH is 2. The van der Waals surface area contributed by atoms with Gasteiger partial charge in [0.2, 0.25) is 0 Å². The summed E-state index contributed by atoms with van der Waals surface area (Å²) in [5, 5.41) is 17.5. The third-order valence-electron chi connectivity index (χ3n) is 1.25. The van der Waals surface area contributed by atoms with Crippen molar-refractivity contribution < 1.29 is 19.7 Å². The largest absolute Gasteiger partial charge is 0.388 e. The minimum Gasteiger partial charge on any atom is -0.388 e. The monoisotopic (exact) mass is 188 g/mol. The molecule has 4 heteroatoms. The van der Waals surface area contributed by atoms with E-state index in [1.54, 1.807) is 6.92 Å². The molecule has 0 fully saturated rings. The van der Waals surface area contributed by atoms with Gasteiger partial charge in [-0.05, 0) is 13.8 Å². The van der Waals surface area contributed by atoms with Gasteiger partial charge in [0.25, 0.3) is 0 Å². The first-order valence-corrected chi connectivity index (χ1v) is 4.20. The molecule has 0 aromatic heterocycles. The van der Waals surface area contributed by atoms with E-state index in [4.69, 9.17) is 19.7 Å². The van der Waals surface area contributed by atoms with Crippen LogP contribution in [0.3, 0.4) is 0 Å². The van der Waals surface area contributed by atoms with Gasteiger partial charge in [-0.2, -0.15) is 0 Å². The van der Waals surface area contributed by atoms with E-state index < -0.39 is 12.4 Å². The molecule has 2 N–H and O–H groups in total. The van der Waals surface area contributed by atoms with Crippen molar-refractivity contribution in [3.63, 3.8) is 0 Å². The molecule has 0 spiro atoms. The molecule has 0 rings (SSSR count). The lowest BCUT2D eigenvalue weighted by atomic mass is 10.4. The Balaban J connectivity index is 3.69. The first-order valence-electron chi connectivity index (χ1n) is 4.20. The van der Waals surface area contributed by atoms with Crippen LogP contribution in [0.25, 0.3) is 0 Å². The van der Waals surface area contributed by atoms with Gasteiger partial charge in [-0.25, -0.2) is 0 Å². The van der Waals surface area contributed by atoms with E-state index in [0.717, 1.165) is 0 Å². The second-order valence-electron chi connectivity index (χ2n) is 2.39. The molecular formula is C9H16O4. The maximum absolute atomic E-state index is 9.15. The molecule has 0 heterocycles. The molecule has 4 nitrogen and oxygen atoms in total. The normalized spacial score (nSPS) is 14.5. The fraction of sp³-hybridized carbons (Fsp3) is 0.778. The summed E-state index contributed by atoms with van der Waals surface area (Å²) in [5.41, 5.74) is 0. The van der Waals surface area contributed by atoms with Crippen LogP contribution in [0.5, 0.6) is 0 Å². The van der Waals surface area contributed by atoms with Gasteiger partial charge < -0.3 is 19.7 Å². The lowest BCUT2D eigenvalue weighted by Gasteiger charge is -2.18. The van der Waals surface area contributed by atoms with E-state index in [0.29, 0.717) is 6.61 Å². The molecule has 0 radical (unpaired) electrons. The van der Waals surface area contributed by atoms with Crippen LogP contribution in [0.2, 0.25) is 0 Å². The van der Waals surface area contributed by atoms with Crippen molar-refractivity contribution in [2.24, 2.45) is 0 Å². The summed E-state index contributed by atoms with van der Waals surface area (Å²) >= 11 is 0. The van der Waals surface area contributed by atoms with Gasteiger partial charge in [0.15, 0.2) is 6.29 Å². The van der Waals surface area contributed by atoms with Crippen molar-refractivity contribution in [2.75, 3.05) is 19.8 Å². The Morgan fingerprint density at radius 2 is 2.00 bits per heavy atom. The molecular weight excluding hydrogens is 172 g/mol. The highest BCUT2D eigenvalue weighted by Gasteiger charge is 2.13. The topological polar surface area (TPSA) is 58.9 Å². The van der Waals surface area contributed by atoms with Crippen molar-refractivity contribution >= 4 is 0 Å². The van der Waals surface area contributed by atoms with Crippen molar-refractivity contribution in [1.82, 2.24) is 0 Å². The van der Waals surface area contributed by atoms with E-state index in [-0.39, 0.29) is 13.2 Å². The maximum atomic E-state index is 9.15. The van der Waals surface area contributed by atoms with Gasteiger partial charge in [0.05, 0.1) is 0 Å². The maximum Gasteiger partial charge on any atom is 0.184 e. The zero-order chi connectivity index (χ0) is 10.1. The van der Waals surface area contributed by atoms with E-state index in [1.165, 1.54) is 0 Å². The lowest BCUT2D eigenvalue weighted by Crippen LogP contribution is -2.29. The van der Waals surface area contributed by atoms with Gasteiger partial charge >= 0.3 is 0 Å². The summed E-state index contributed by atoms with van der Waals surface area (Å²) in [6.45, 7) is 3.84. The lowest BCUT2D eigenvalue weighted by molar-refractivity contribution is -0.180. The van der Waals surface area contributed by atoms with Crippen molar-refractivity contribution in [1.29, 1.82) is 0 Å². The fourth-order valence-electron chi connectivity index (χ4n) is 0.722. The average molecular weight is 188 g/mol. The number of rotatable bonds is 5. The molecule has 0 aromatic carbocycles. The van der Waals surface area contributed by atoms with Gasteiger partial charge in [-0.15, -0.1) is 0 Å². The molecule has 0 aromatic rings. The van der Waals surface area contributed by atoms with Gasteiger partial charge in [0.1, 0.15) is 19.3 Å². The Kier molecular flexibility index (Phi) is 7.65. The van der Waals surface area contributed by atoms with Gasteiger partial charge in [0, 0.05) is 6.61 Å². The minimum atomic E-state index is -0.684. The Labute approximate surface area is 78.5 Å². The first-order chi connectivity index (χ1) is 6.22. The van der Waals surface area contributed by atoms with E-state index in [1.807, 2.05) is 6.92 Å². The highest BCUT2D eigenvalue weighted by molar-refractivity contribution is 4.98. The molecule has 0 aliphatic carbocycles. The van der Waals surface area contributed by atoms with Crippen LogP contribution in [-0.4, -0.2) is 42.4 Å². The molecule has 2 unspecified atom stereocenters. The highest BCUT2D eigenvalue weighted by atomic mass is 16.7. The van der Waals surface area contributed by atoms with Gasteiger partial charge in [-0.1, -0.05) is 11.8 Å². The summed E-state index contributed by atoms with van der Waals surface area (Å²) in [6, 6.07) is 0. The van der Waals surface area contributed by atoms with Gasteiger partial charge in [-0.3, -0.25) is 0 Å². The van der Waals surface area contributed by atoms with E-state index >= 15 is 0 Å². The number of aliphatic hydroxyl groups is 2. The summed E-state index contributed by atoms with van der Waals surface area (Å²) in [4.78, 5) is 0. The Morgan fingerprint density at radius 3 is 2.46 bits per heavy atom. The molecule has 0 aliphatic heterocycles. The Bertz CT molecular complexity index is 168. The SMILES string of the molecule is CCOC(OCC#CCO)C(C)O. The zero-order valence-electron chi connectivity index (χ0n) is 7.99. The number of hydrogen-bond acceptors (Lipinski definition) is 4. The Hall–Kier alpha value is -0.600. The first kappa shape index (κ1) is 12.4. The summed E-state index contributed by atoms with van der Waals surface area (Å²) in [6.07, 6.45) is -1.33. The predicted molar refractivity (Wildman–Crippen MR) is 47.9 cm³/mol. The molecule has 0 bridgehead atoms. The molecule has 0 saturated heterocycles. The van der Waals surface area contributed by atoms with Crippen LogP contribution in [0, 0.1) is 11.8 Å². The summed E-state index contributed by atoms with van der Waals surface area (Å²) in [5.74, 6) is 4.99.